The van der Waals surface area contributed by atoms with Crippen LogP contribution in [0.15, 0.2) is 42.6 Å². The van der Waals surface area contributed by atoms with Gasteiger partial charge in [-0.15, -0.1) is 0 Å². The zero-order valence-electron chi connectivity index (χ0n) is 22.6. The molecule has 0 aliphatic carbocycles. The molecule has 0 bridgehead atoms. The van der Waals surface area contributed by atoms with E-state index in [1.165, 1.54) is 0 Å². The Labute approximate surface area is 230 Å². The number of carbonyl (C=O) groups excluding carboxylic acids is 2. The standard InChI is InChI=1S/C29H36ClN5O3/c1-5-29(2,3)38-28(37)33(4)25-19-35(18-24(25)21-7-9-23(30)10-8-21)27(36)22-12-14-34(15-13-22)26-11-6-20(16-31)17-32-26/h6-11,17,22,24-25H,5,12-15,18-19H2,1-4H3/t24-,25+/m0/s1. The molecule has 2 amide bonds. The van der Waals surface area contributed by atoms with Crippen molar-refractivity contribution in [3.05, 3.63) is 58.7 Å². The van der Waals surface area contributed by atoms with E-state index in [1.807, 2.05) is 56.0 Å². The Morgan fingerprint density at radius 1 is 1.16 bits per heavy atom. The van der Waals surface area contributed by atoms with Crippen molar-refractivity contribution < 1.29 is 14.3 Å². The van der Waals surface area contributed by atoms with Crippen LogP contribution >= 0.6 is 11.6 Å². The summed E-state index contributed by atoms with van der Waals surface area (Å²) < 4.78 is 5.78. The monoisotopic (exact) mass is 537 g/mol. The molecule has 9 heteroatoms. The summed E-state index contributed by atoms with van der Waals surface area (Å²) in [6, 6.07) is 13.2. The van der Waals surface area contributed by atoms with Gasteiger partial charge in [-0.25, -0.2) is 9.78 Å². The summed E-state index contributed by atoms with van der Waals surface area (Å²) in [5.74, 6) is 0.843. The number of anilines is 1. The SMILES string of the molecule is CCC(C)(C)OC(=O)N(C)[C@@H]1CN(C(=O)C2CCN(c3ccc(C#N)cn3)CC2)C[C@H]1c1ccc(Cl)cc1. The minimum Gasteiger partial charge on any atom is -0.443 e. The van der Waals surface area contributed by atoms with Gasteiger partial charge in [0.2, 0.25) is 5.91 Å². The van der Waals surface area contributed by atoms with Crippen molar-refractivity contribution in [2.24, 2.45) is 5.92 Å². The fourth-order valence-corrected chi connectivity index (χ4v) is 5.29. The van der Waals surface area contributed by atoms with Gasteiger partial charge < -0.3 is 19.4 Å². The van der Waals surface area contributed by atoms with Gasteiger partial charge in [0.05, 0.1) is 11.6 Å². The summed E-state index contributed by atoms with van der Waals surface area (Å²) >= 11 is 6.14. The van der Waals surface area contributed by atoms with Crippen LogP contribution in [0.4, 0.5) is 10.6 Å². The number of pyridine rings is 1. The fourth-order valence-electron chi connectivity index (χ4n) is 5.17. The molecule has 0 radical (unpaired) electrons. The maximum atomic E-state index is 13.7. The zero-order chi connectivity index (χ0) is 27.4. The highest BCUT2D eigenvalue weighted by Gasteiger charge is 2.43. The molecule has 2 atom stereocenters. The van der Waals surface area contributed by atoms with Crippen LogP contribution in [-0.4, -0.2) is 71.7 Å². The minimum absolute atomic E-state index is 0.0403. The third-order valence-corrected chi connectivity index (χ3v) is 8.20. The maximum Gasteiger partial charge on any atom is 0.410 e. The molecule has 0 spiro atoms. The van der Waals surface area contributed by atoms with Crippen LogP contribution in [0.2, 0.25) is 5.02 Å². The normalized spacial score (nSPS) is 20.2. The molecule has 3 heterocycles. The van der Waals surface area contributed by atoms with Crippen molar-refractivity contribution in [2.75, 3.05) is 38.1 Å². The highest BCUT2D eigenvalue weighted by molar-refractivity contribution is 6.30. The smallest absolute Gasteiger partial charge is 0.410 e. The first-order valence-electron chi connectivity index (χ1n) is 13.2. The minimum atomic E-state index is -0.563. The molecule has 0 saturated carbocycles. The van der Waals surface area contributed by atoms with Crippen LogP contribution < -0.4 is 4.90 Å². The van der Waals surface area contributed by atoms with Gasteiger partial charge in [0.15, 0.2) is 0 Å². The van der Waals surface area contributed by atoms with Crippen LogP contribution in [0.1, 0.15) is 57.1 Å². The van der Waals surface area contributed by atoms with Gasteiger partial charge in [-0.2, -0.15) is 5.26 Å². The number of carbonyl (C=O) groups is 2. The van der Waals surface area contributed by atoms with E-state index in [0.29, 0.717) is 30.1 Å². The van der Waals surface area contributed by atoms with Crippen LogP contribution in [0.5, 0.6) is 0 Å². The van der Waals surface area contributed by atoms with Gasteiger partial charge in [0.25, 0.3) is 0 Å². The average molecular weight is 538 g/mol. The third kappa shape index (κ3) is 6.21. The number of likely N-dealkylation sites (N-methyl/N-ethyl adjacent to an activating group) is 1. The number of halogens is 1. The van der Waals surface area contributed by atoms with E-state index in [9.17, 15) is 9.59 Å². The molecule has 202 valence electrons. The largest absolute Gasteiger partial charge is 0.443 e. The van der Waals surface area contributed by atoms with Gasteiger partial charge in [0, 0.05) is 56.3 Å². The Hall–Kier alpha value is -3.31. The van der Waals surface area contributed by atoms with E-state index in [1.54, 1.807) is 24.2 Å². The Morgan fingerprint density at radius 3 is 2.42 bits per heavy atom. The first kappa shape index (κ1) is 27.7. The zero-order valence-corrected chi connectivity index (χ0v) is 23.3. The van der Waals surface area contributed by atoms with Crippen LogP contribution in [-0.2, 0) is 9.53 Å². The van der Waals surface area contributed by atoms with Crippen molar-refractivity contribution in [2.45, 2.75) is 57.6 Å². The summed E-state index contributed by atoms with van der Waals surface area (Å²) in [5.41, 5.74) is 1.02. The molecule has 2 saturated heterocycles. The summed E-state index contributed by atoms with van der Waals surface area (Å²) in [6.45, 7) is 8.25. The topological polar surface area (TPSA) is 89.8 Å². The Bertz CT molecular complexity index is 1170. The van der Waals surface area contributed by atoms with E-state index in [-0.39, 0.29) is 29.9 Å². The van der Waals surface area contributed by atoms with Crippen LogP contribution in [0, 0.1) is 17.2 Å². The van der Waals surface area contributed by atoms with E-state index in [0.717, 1.165) is 37.3 Å². The second-order valence-corrected chi connectivity index (χ2v) is 11.3. The molecule has 2 aliphatic rings. The molecule has 2 aliphatic heterocycles. The predicted molar refractivity (Wildman–Crippen MR) is 147 cm³/mol. The molecule has 2 aromatic rings. The first-order chi connectivity index (χ1) is 18.1. The molecule has 2 fully saturated rings. The van der Waals surface area contributed by atoms with Gasteiger partial charge in [-0.3, -0.25) is 4.79 Å². The number of piperidine rings is 1. The molecule has 38 heavy (non-hydrogen) atoms. The maximum absolute atomic E-state index is 13.7. The van der Waals surface area contributed by atoms with Crippen molar-refractivity contribution in [1.82, 2.24) is 14.8 Å². The lowest BCUT2D eigenvalue weighted by molar-refractivity contribution is -0.135. The highest BCUT2D eigenvalue weighted by Crippen LogP contribution is 2.34. The number of nitrogens with zero attached hydrogens (tertiary/aromatic N) is 5. The van der Waals surface area contributed by atoms with E-state index >= 15 is 0 Å². The molecule has 0 unspecified atom stereocenters. The van der Waals surface area contributed by atoms with E-state index in [4.69, 9.17) is 21.6 Å². The highest BCUT2D eigenvalue weighted by atomic mass is 35.5. The fraction of sp³-hybridized carbons (Fsp3) is 0.517. The Kier molecular flexibility index (Phi) is 8.47. The second-order valence-electron chi connectivity index (χ2n) is 10.8. The quantitative estimate of drug-likeness (QED) is 0.511. The Balaban J connectivity index is 1.45. The molecule has 1 aromatic heterocycles. The first-order valence-corrected chi connectivity index (χ1v) is 13.6. The number of likely N-dealkylation sites (tertiary alicyclic amines) is 1. The number of nitriles is 1. The number of rotatable bonds is 6. The number of aromatic nitrogens is 1. The van der Waals surface area contributed by atoms with Crippen molar-refractivity contribution in [3.63, 3.8) is 0 Å². The summed E-state index contributed by atoms with van der Waals surface area (Å²) in [4.78, 5) is 36.9. The third-order valence-electron chi connectivity index (χ3n) is 7.94. The Morgan fingerprint density at radius 2 is 1.84 bits per heavy atom. The van der Waals surface area contributed by atoms with Gasteiger partial charge in [-0.1, -0.05) is 30.7 Å². The summed E-state index contributed by atoms with van der Waals surface area (Å²) in [6.07, 6.45) is 3.38. The van der Waals surface area contributed by atoms with Crippen molar-refractivity contribution >= 4 is 29.4 Å². The van der Waals surface area contributed by atoms with Crippen molar-refractivity contribution in [1.29, 1.82) is 5.26 Å². The molecule has 8 nitrogen and oxygen atoms in total. The number of benzene rings is 1. The molecule has 4 rings (SSSR count). The summed E-state index contributed by atoms with van der Waals surface area (Å²) in [7, 11) is 1.76. The summed E-state index contributed by atoms with van der Waals surface area (Å²) in [5, 5.41) is 9.66. The van der Waals surface area contributed by atoms with Crippen molar-refractivity contribution in [3.8, 4) is 6.07 Å². The van der Waals surface area contributed by atoms with Gasteiger partial charge in [-0.05, 0) is 62.9 Å². The molecular formula is C29H36ClN5O3. The number of hydrogen-bond donors (Lipinski definition) is 0. The van der Waals surface area contributed by atoms with E-state index in [2.05, 4.69) is 16.0 Å². The number of hydrogen-bond acceptors (Lipinski definition) is 6. The van der Waals surface area contributed by atoms with Gasteiger partial charge in [0.1, 0.15) is 17.5 Å². The van der Waals surface area contributed by atoms with E-state index < -0.39 is 5.60 Å². The average Bonchev–Trinajstić information content (AvgIpc) is 3.38. The lowest BCUT2D eigenvalue weighted by Crippen LogP contribution is -2.46. The van der Waals surface area contributed by atoms with Crippen LogP contribution in [0.3, 0.4) is 0 Å². The second kappa shape index (κ2) is 11.6. The molecule has 1 aromatic carbocycles. The lowest BCUT2D eigenvalue weighted by atomic mass is 9.93. The number of ether oxygens (including phenoxy) is 1. The molecule has 0 N–H and O–H groups in total. The van der Waals surface area contributed by atoms with Gasteiger partial charge >= 0.3 is 6.09 Å². The van der Waals surface area contributed by atoms with Crippen LogP contribution in [0.25, 0.3) is 0 Å². The number of amides is 2. The lowest BCUT2D eigenvalue weighted by Gasteiger charge is -2.34. The predicted octanol–water partition coefficient (Wildman–Crippen LogP) is 5.07. The molecular weight excluding hydrogens is 502 g/mol.